The number of nitrogens with zero attached hydrogens (tertiary/aromatic N) is 4. The molecule has 2 aromatic carbocycles. The normalized spacial score (nSPS) is 12.2. The van der Waals surface area contributed by atoms with Crippen LogP contribution in [0.5, 0.6) is 0 Å². The van der Waals surface area contributed by atoms with Gasteiger partial charge in [0.1, 0.15) is 9.79 Å². The van der Waals surface area contributed by atoms with E-state index in [2.05, 4.69) is 30.3 Å². The number of anilines is 1. The van der Waals surface area contributed by atoms with Gasteiger partial charge in [0.2, 0.25) is 25.9 Å². The molecule has 0 bridgehead atoms. The fourth-order valence-electron chi connectivity index (χ4n) is 3.42. The molecule has 0 saturated carbocycles. The highest BCUT2D eigenvalue weighted by molar-refractivity contribution is 7.92. The molecule has 0 atom stereocenters. The van der Waals surface area contributed by atoms with Crippen LogP contribution in [0.25, 0.3) is 32.7 Å². The molecular formula is C19H23N9O6S3. The fraction of sp³-hybridized carbons (Fsp3) is 0.211. The zero-order valence-electron chi connectivity index (χ0n) is 19.4. The number of para-hydroxylation sites is 1. The van der Waals surface area contributed by atoms with Gasteiger partial charge in [-0.15, -0.1) is 10.2 Å². The SMILES string of the molecule is CC(C)(CN)NS(=O)(=O)c1ccc(-c2cccc3sc(N)nc23)c(-c2nn[nH]n2)c1S(N)(=O)=O.O=CO. The van der Waals surface area contributed by atoms with E-state index in [4.69, 9.17) is 26.5 Å². The molecule has 0 aliphatic heterocycles. The van der Waals surface area contributed by atoms with E-state index >= 15 is 0 Å². The standard InChI is InChI=1S/C18H21N9O4S3.CH2O2/c1-18(2,8-19)25-34(30,31)12-7-6-9(10-4-3-5-11-14(10)22-17(20)32-11)13(15(12)33(21,28)29)16-23-26-27-24-16;2-1-3/h3-7,25H,8,19H2,1-2H3,(H2,20,22)(H2,21,28,29)(H,23,24,26,27);1H,(H,2,3). The summed E-state index contributed by atoms with van der Waals surface area (Å²) in [5, 5.41) is 26.3. The van der Waals surface area contributed by atoms with Gasteiger partial charge in [0.15, 0.2) is 5.13 Å². The Morgan fingerprint density at radius 2 is 1.84 bits per heavy atom. The molecule has 198 valence electrons. The van der Waals surface area contributed by atoms with E-state index in [-0.39, 0.29) is 30.0 Å². The number of nitrogens with one attached hydrogen (secondary N) is 2. The Hall–Kier alpha value is -3.55. The van der Waals surface area contributed by atoms with Gasteiger partial charge >= 0.3 is 0 Å². The number of aromatic nitrogens is 5. The number of thiazole rings is 1. The lowest BCUT2D eigenvalue weighted by molar-refractivity contribution is -0.122. The van der Waals surface area contributed by atoms with Gasteiger partial charge in [-0.2, -0.15) is 5.21 Å². The lowest BCUT2D eigenvalue weighted by Crippen LogP contribution is -2.49. The highest BCUT2D eigenvalue weighted by atomic mass is 32.2. The fourth-order valence-corrected chi connectivity index (χ4v) is 7.20. The molecule has 0 aliphatic rings. The summed E-state index contributed by atoms with van der Waals surface area (Å²) < 4.78 is 55.4. The van der Waals surface area contributed by atoms with Gasteiger partial charge in [0.05, 0.1) is 15.8 Å². The van der Waals surface area contributed by atoms with Crippen molar-refractivity contribution in [2.45, 2.75) is 29.2 Å². The number of nitrogens with two attached hydrogens (primary N) is 3. The molecule has 2 aromatic heterocycles. The molecule has 2 heterocycles. The molecule has 37 heavy (non-hydrogen) atoms. The van der Waals surface area contributed by atoms with Gasteiger partial charge in [-0.25, -0.2) is 31.7 Å². The molecule has 4 aromatic rings. The molecule has 0 fully saturated rings. The number of hydrogen-bond donors (Lipinski definition) is 6. The molecule has 0 amide bonds. The van der Waals surface area contributed by atoms with Crippen molar-refractivity contribution >= 4 is 53.2 Å². The molecule has 0 spiro atoms. The maximum atomic E-state index is 13.3. The topological polar surface area (TPSA) is 263 Å². The van der Waals surface area contributed by atoms with E-state index in [0.29, 0.717) is 16.2 Å². The second kappa shape index (κ2) is 10.4. The minimum Gasteiger partial charge on any atom is -0.483 e. The zero-order valence-corrected chi connectivity index (χ0v) is 21.9. The molecule has 9 N–H and O–H groups in total. The first kappa shape index (κ1) is 28.0. The van der Waals surface area contributed by atoms with E-state index in [0.717, 1.165) is 10.8 Å². The van der Waals surface area contributed by atoms with Crippen LogP contribution in [-0.4, -0.2) is 66.1 Å². The maximum absolute atomic E-state index is 13.3. The molecule has 0 radical (unpaired) electrons. The van der Waals surface area contributed by atoms with Crippen LogP contribution in [-0.2, 0) is 24.8 Å². The number of carboxylic acid groups (broad SMARTS) is 1. The van der Waals surface area contributed by atoms with Crippen molar-refractivity contribution in [1.82, 2.24) is 30.3 Å². The summed E-state index contributed by atoms with van der Waals surface area (Å²) in [7, 11) is -9.03. The summed E-state index contributed by atoms with van der Waals surface area (Å²) in [6, 6.07) is 7.83. The number of H-pyrrole nitrogens is 1. The Morgan fingerprint density at radius 1 is 1.16 bits per heavy atom. The van der Waals surface area contributed by atoms with Crippen LogP contribution in [0.4, 0.5) is 5.13 Å². The van der Waals surface area contributed by atoms with Gasteiger partial charge in [-0.3, -0.25) is 4.79 Å². The number of hydrogen-bond acceptors (Lipinski definition) is 12. The summed E-state index contributed by atoms with van der Waals surface area (Å²) in [6.07, 6.45) is 0. The number of primary sulfonamides is 1. The smallest absolute Gasteiger partial charge is 0.290 e. The van der Waals surface area contributed by atoms with Gasteiger partial charge < -0.3 is 16.6 Å². The van der Waals surface area contributed by atoms with Crippen LogP contribution < -0.4 is 21.3 Å². The van der Waals surface area contributed by atoms with Crippen molar-refractivity contribution in [1.29, 1.82) is 0 Å². The zero-order chi connectivity index (χ0) is 27.6. The van der Waals surface area contributed by atoms with Crippen LogP contribution in [0.1, 0.15) is 13.8 Å². The van der Waals surface area contributed by atoms with Gasteiger partial charge in [0, 0.05) is 17.6 Å². The number of fused-ring (bicyclic) bond motifs is 1. The lowest BCUT2D eigenvalue weighted by atomic mass is 9.98. The Morgan fingerprint density at radius 3 is 2.41 bits per heavy atom. The Labute approximate surface area is 215 Å². The first-order chi connectivity index (χ1) is 17.3. The summed E-state index contributed by atoms with van der Waals surface area (Å²) >= 11 is 1.25. The molecular weight excluding hydrogens is 546 g/mol. The third-order valence-corrected chi connectivity index (χ3v) is 8.62. The minimum atomic E-state index is -4.63. The molecule has 0 aliphatic carbocycles. The lowest BCUT2D eigenvalue weighted by Gasteiger charge is -2.25. The third-order valence-electron chi connectivity index (χ3n) is 4.91. The van der Waals surface area contributed by atoms with Gasteiger partial charge in [-0.1, -0.05) is 29.5 Å². The number of sulfonamides is 2. The first-order valence-corrected chi connectivity index (χ1v) is 14.0. The van der Waals surface area contributed by atoms with Gasteiger partial charge in [0.25, 0.3) is 6.47 Å². The largest absolute Gasteiger partial charge is 0.483 e. The molecule has 0 unspecified atom stereocenters. The first-order valence-electron chi connectivity index (χ1n) is 10.2. The number of tetrazole rings is 1. The number of aromatic amines is 1. The minimum absolute atomic E-state index is 0.0417. The van der Waals surface area contributed by atoms with Gasteiger partial charge in [-0.05, 0) is 36.8 Å². The number of nitrogen functional groups attached to an aromatic ring is 1. The van der Waals surface area contributed by atoms with E-state index in [1.165, 1.54) is 17.4 Å². The van der Waals surface area contributed by atoms with E-state index in [1.54, 1.807) is 32.0 Å². The molecule has 15 nitrogen and oxygen atoms in total. The molecule has 4 rings (SSSR count). The molecule has 0 saturated heterocycles. The van der Waals surface area contributed by atoms with Crippen LogP contribution in [0.15, 0.2) is 40.1 Å². The highest BCUT2D eigenvalue weighted by Crippen LogP contribution is 2.42. The van der Waals surface area contributed by atoms with E-state index in [1.807, 2.05) is 0 Å². The number of benzene rings is 2. The molecule has 18 heteroatoms. The van der Waals surface area contributed by atoms with Crippen molar-refractivity contribution < 1.29 is 26.7 Å². The Balaban J connectivity index is 0.00000121. The second-order valence-corrected chi connectivity index (χ2v) is 12.3. The van der Waals surface area contributed by atoms with Crippen molar-refractivity contribution in [3.05, 3.63) is 30.3 Å². The van der Waals surface area contributed by atoms with Crippen molar-refractivity contribution in [2.24, 2.45) is 10.9 Å². The predicted molar refractivity (Wildman–Crippen MR) is 136 cm³/mol. The second-order valence-electron chi connectivity index (χ2n) is 8.10. The third kappa shape index (κ3) is 5.89. The van der Waals surface area contributed by atoms with Crippen molar-refractivity contribution in [2.75, 3.05) is 12.3 Å². The average molecular weight is 570 g/mol. The Kier molecular flexibility index (Phi) is 7.91. The van der Waals surface area contributed by atoms with Crippen LogP contribution >= 0.6 is 11.3 Å². The average Bonchev–Trinajstić information content (AvgIpc) is 3.46. The van der Waals surface area contributed by atoms with Crippen molar-refractivity contribution in [3.8, 4) is 22.5 Å². The monoisotopic (exact) mass is 569 g/mol. The van der Waals surface area contributed by atoms with Crippen LogP contribution in [0, 0.1) is 0 Å². The summed E-state index contributed by atoms with van der Waals surface area (Å²) in [5.74, 6) is -0.172. The van der Waals surface area contributed by atoms with Crippen molar-refractivity contribution in [3.63, 3.8) is 0 Å². The van der Waals surface area contributed by atoms with Crippen LogP contribution in [0.3, 0.4) is 0 Å². The maximum Gasteiger partial charge on any atom is 0.290 e. The van der Waals surface area contributed by atoms with E-state index < -0.39 is 35.4 Å². The summed E-state index contributed by atoms with van der Waals surface area (Å²) in [5.41, 5.74) is 11.6. The quantitative estimate of drug-likeness (QED) is 0.162. The Bertz CT molecular complexity index is 1650. The van der Waals surface area contributed by atoms with Crippen LogP contribution in [0.2, 0.25) is 0 Å². The highest BCUT2D eigenvalue weighted by Gasteiger charge is 2.34. The number of carbonyl (C=O) groups is 1. The van der Waals surface area contributed by atoms with E-state index in [9.17, 15) is 16.8 Å². The summed E-state index contributed by atoms with van der Waals surface area (Å²) in [6.45, 7) is 2.83. The summed E-state index contributed by atoms with van der Waals surface area (Å²) in [4.78, 5) is 11.4. The predicted octanol–water partition coefficient (Wildman–Crippen LogP) is 0.0894. The number of rotatable bonds is 7.